The maximum absolute atomic E-state index is 11.7. The molecule has 0 spiro atoms. The minimum atomic E-state index is -0.202. The third-order valence-electron chi connectivity index (χ3n) is 7.75. The third kappa shape index (κ3) is 7.78. The predicted molar refractivity (Wildman–Crippen MR) is 139 cm³/mol. The zero-order chi connectivity index (χ0) is 27.4. The van der Waals surface area contributed by atoms with Crippen LogP contribution in [0.15, 0.2) is 0 Å². The highest BCUT2D eigenvalue weighted by Gasteiger charge is 2.45. The van der Waals surface area contributed by atoms with Crippen molar-refractivity contribution in [2.24, 2.45) is 11.8 Å². The van der Waals surface area contributed by atoms with Crippen LogP contribution in [0.3, 0.4) is 0 Å². The number of likely N-dealkylation sites (tertiary alicyclic amines) is 2. The van der Waals surface area contributed by atoms with Crippen molar-refractivity contribution in [2.45, 2.75) is 103 Å². The zero-order valence-electron chi connectivity index (χ0n) is 22.8. The Morgan fingerprint density at radius 2 is 1.36 bits per heavy atom. The third-order valence-corrected chi connectivity index (χ3v) is 7.75. The summed E-state index contributed by atoms with van der Waals surface area (Å²) in [6.45, 7) is 9.47. The maximum Gasteiger partial charge on any atom is 0.146 e. The molecule has 8 atom stereocenters. The number of aldehydes is 1. The number of carbonyl (C=O) groups is 3. The number of likely N-dealkylation sites (N-methyl/N-ethyl adjacent to an activating group) is 2. The van der Waals surface area contributed by atoms with E-state index < -0.39 is 0 Å². The molecule has 2 saturated heterocycles. The fourth-order valence-corrected chi connectivity index (χ4v) is 5.86. The van der Waals surface area contributed by atoms with Gasteiger partial charge in [-0.3, -0.25) is 19.4 Å². The average Bonchev–Trinajstić information content (AvgIpc) is 3.37. The molecule has 2 unspecified atom stereocenters. The van der Waals surface area contributed by atoms with Crippen LogP contribution in [0.2, 0.25) is 0 Å². The van der Waals surface area contributed by atoms with E-state index in [-0.39, 0.29) is 47.7 Å². The molecule has 2 aliphatic heterocycles. The van der Waals surface area contributed by atoms with E-state index in [0.29, 0.717) is 18.4 Å². The van der Waals surface area contributed by atoms with Crippen LogP contribution in [0.25, 0.3) is 0 Å². The minimum Gasteiger partial charge on any atom is -0.356 e. The van der Waals surface area contributed by atoms with E-state index in [9.17, 15) is 14.4 Å². The van der Waals surface area contributed by atoms with Gasteiger partial charge in [0, 0.05) is 18.0 Å². The Hall–Kier alpha value is -2.43. The Morgan fingerprint density at radius 3 is 1.75 bits per heavy atom. The molecule has 0 aliphatic carbocycles. The number of ketones is 2. The smallest absolute Gasteiger partial charge is 0.146 e. The van der Waals surface area contributed by atoms with Crippen molar-refractivity contribution in [2.75, 3.05) is 14.1 Å². The lowest BCUT2D eigenvalue weighted by molar-refractivity contribution is -0.122. The van der Waals surface area contributed by atoms with E-state index in [1.807, 2.05) is 25.9 Å². The van der Waals surface area contributed by atoms with Gasteiger partial charge in [0.05, 0.1) is 24.2 Å². The Balaban J connectivity index is 0.000000360. The van der Waals surface area contributed by atoms with E-state index in [4.69, 9.17) is 22.5 Å². The number of carbonyl (C=O) groups excluding carboxylic acids is 3. The lowest BCUT2D eigenvalue weighted by Crippen LogP contribution is -2.50. The van der Waals surface area contributed by atoms with Crippen LogP contribution < -0.4 is 11.0 Å². The minimum absolute atomic E-state index is 0.0293. The summed E-state index contributed by atoms with van der Waals surface area (Å²) >= 11 is 0. The van der Waals surface area contributed by atoms with Gasteiger partial charge in [-0.2, -0.15) is 0 Å². The molecular weight excluding hydrogens is 460 g/mol. The summed E-state index contributed by atoms with van der Waals surface area (Å²) in [5.41, 5.74) is 5.69. The first-order chi connectivity index (χ1) is 17.1. The van der Waals surface area contributed by atoms with Crippen LogP contribution in [0.5, 0.6) is 0 Å². The van der Waals surface area contributed by atoms with Gasteiger partial charge in [-0.05, 0) is 59.5 Å². The monoisotopic (exact) mass is 504 g/mol. The molecule has 9 heteroatoms. The number of rotatable bonds is 12. The van der Waals surface area contributed by atoms with Crippen LogP contribution in [0.1, 0.15) is 66.7 Å². The highest BCUT2D eigenvalue weighted by atomic mass is 16.6. The summed E-state index contributed by atoms with van der Waals surface area (Å²) in [6.07, 6.45) is 19.5. The molecule has 0 amide bonds. The first kappa shape index (κ1) is 31.6. The van der Waals surface area contributed by atoms with Gasteiger partial charge < -0.3 is 14.5 Å². The second-order valence-corrected chi connectivity index (χ2v) is 9.71. The van der Waals surface area contributed by atoms with Gasteiger partial charge in [-0.15, -0.1) is 11.0 Å². The summed E-state index contributed by atoms with van der Waals surface area (Å²) in [6, 6.07) is 0.122. The second-order valence-electron chi connectivity index (χ2n) is 9.71. The molecule has 2 N–H and O–H groups in total. The number of hydrogen-bond donors (Lipinski definition) is 2. The number of hydrogen-bond acceptors (Lipinski definition) is 9. The predicted octanol–water partition coefficient (Wildman–Crippen LogP) is 1.92. The number of nitrogens with zero attached hydrogens (tertiary/aromatic N) is 2. The quantitative estimate of drug-likeness (QED) is 0.235. The molecule has 2 fully saturated rings. The van der Waals surface area contributed by atoms with Crippen LogP contribution >= 0.6 is 0 Å². The molecule has 2 heterocycles. The van der Waals surface area contributed by atoms with Crippen molar-refractivity contribution in [3.8, 4) is 25.1 Å². The standard InChI is InChI=1S/C14H24N2O2.C13H20N2O3/c1-6-11-9-13(10(4)17)16(5)14(11)12(7-2)15-18-8-3;1-5-11(14-18-6-2)13-10(8-16)7-12(9(3)17)15(13)4/h3,11-15H,6-7,9H2,1-2,4-5H3;2,8,10-14H,5,7H2,1,3-4H3/t11-,12?,13-,14-;10-,11?,12+,13+/m10/s1. The van der Waals surface area contributed by atoms with E-state index >= 15 is 0 Å². The summed E-state index contributed by atoms with van der Waals surface area (Å²) in [7, 11) is 3.88. The fraction of sp³-hybridized carbons (Fsp3) is 0.741. The van der Waals surface area contributed by atoms with Crippen LogP contribution in [0, 0.1) is 36.9 Å². The van der Waals surface area contributed by atoms with Crippen molar-refractivity contribution in [3.63, 3.8) is 0 Å². The summed E-state index contributed by atoms with van der Waals surface area (Å²) in [5, 5.41) is 0. The molecule has 0 saturated carbocycles. The molecule has 2 aliphatic rings. The molecule has 202 valence electrons. The normalized spacial score (nSPS) is 29.7. The largest absolute Gasteiger partial charge is 0.356 e. The Kier molecular flexibility index (Phi) is 13.7. The highest BCUT2D eigenvalue weighted by Crippen LogP contribution is 2.34. The van der Waals surface area contributed by atoms with E-state index in [2.05, 4.69) is 41.9 Å². The molecule has 0 radical (unpaired) electrons. The first-order valence-electron chi connectivity index (χ1n) is 12.8. The van der Waals surface area contributed by atoms with Crippen LogP contribution in [0.4, 0.5) is 0 Å². The number of nitrogens with one attached hydrogen (secondary N) is 2. The van der Waals surface area contributed by atoms with Gasteiger partial charge in [0.2, 0.25) is 0 Å². The van der Waals surface area contributed by atoms with Crippen LogP contribution in [-0.2, 0) is 24.1 Å². The zero-order valence-corrected chi connectivity index (χ0v) is 22.8. The lowest BCUT2D eigenvalue weighted by atomic mass is 9.90. The number of terminal acetylenes is 2. The Morgan fingerprint density at radius 1 is 0.917 bits per heavy atom. The van der Waals surface area contributed by atoms with E-state index in [1.54, 1.807) is 13.8 Å². The molecule has 2 rings (SSSR count). The first-order valence-corrected chi connectivity index (χ1v) is 12.8. The van der Waals surface area contributed by atoms with Gasteiger partial charge in [0.25, 0.3) is 0 Å². The van der Waals surface area contributed by atoms with Gasteiger partial charge in [0.15, 0.2) is 0 Å². The van der Waals surface area contributed by atoms with Gasteiger partial charge in [0.1, 0.15) is 30.1 Å². The second kappa shape index (κ2) is 15.6. The summed E-state index contributed by atoms with van der Waals surface area (Å²) < 4.78 is 0. The van der Waals surface area contributed by atoms with E-state index in [0.717, 1.165) is 32.0 Å². The van der Waals surface area contributed by atoms with E-state index in [1.165, 1.54) is 0 Å². The van der Waals surface area contributed by atoms with Gasteiger partial charge >= 0.3 is 0 Å². The fourth-order valence-electron chi connectivity index (χ4n) is 5.86. The molecular formula is C27H44N4O5. The molecule has 0 aromatic carbocycles. The molecule has 0 aromatic heterocycles. The van der Waals surface area contributed by atoms with Crippen molar-refractivity contribution >= 4 is 17.9 Å². The van der Waals surface area contributed by atoms with Gasteiger partial charge in [-0.1, -0.05) is 40.0 Å². The average molecular weight is 505 g/mol. The maximum atomic E-state index is 11.7. The van der Waals surface area contributed by atoms with Crippen molar-refractivity contribution in [1.82, 2.24) is 20.8 Å². The van der Waals surface area contributed by atoms with Gasteiger partial charge in [-0.25, -0.2) is 0 Å². The Labute approximate surface area is 216 Å². The lowest BCUT2D eigenvalue weighted by Gasteiger charge is -2.32. The summed E-state index contributed by atoms with van der Waals surface area (Å²) in [5.74, 6) is 0.649. The molecule has 0 bridgehead atoms. The van der Waals surface area contributed by atoms with Crippen molar-refractivity contribution in [1.29, 1.82) is 0 Å². The number of hydroxylamine groups is 2. The highest BCUT2D eigenvalue weighted by molar-refractivity contribution is 5.83. The van der Waals surface area contributed by atoms with Crippen LogP contribution in [-0.4, -0.2) is 78.0 Å². The Bertz CT molecular complexity index is 807. The number of Topliss-reactive ketones (excluding diaryl/α,β-unsaturated/α-hetero) is 2. The molecule has 0 aromatic rings. The van der Waals surface area contributed by atoms with Crippen molar-refractivity contribution < 1.29 is 24.1 Å². The summed E-state index contributed by atoms with van der Waals surface area (Å²) in [4.78, 5) is 48.2. The topological polar surface area (TPSA) is 100 Å². The van der Waals surface area contributed by atoms with Crippen molar-refractivity contribution in [3.05, 3.63) is 0 Å². The molecule has 9 nitrogen and oxygen atoms in total. The molecule has 36 heavy (non-hydrogen) atoms. The SMILES string of the molecule is C#CONC(CC)[C@H]1[C@H](C=O)C[C@H](C(C)=O)N1C.C#CONC(CC)[C@H]1[C@H](CC)C[C@H](C(C)=O)N1C.